The van der Waals surface area contributed by atoms with E-state index in [4.69, 9.17) is 0 Å². The summed E-state index contributed by atoms with van der Waals surface area (Å²) in [6.07, 6.45) is -3.83. The average Bonchev–Trinajstić information content (AvgIpc) is 2.96. The summed E-state index contributed by atoms with van der Waals surface area (Å²) in [5, 5.41) is 5.70. The second-order valence-electron chi connectivity index (χ2n) is 8.76. The Kier molecular flexibility index (Phi) is 6.53. The van der Waals surface area contributed by atoms with Crippen molar-refractivity contribution in [2.75, 3.05) is 18.9 Å². The molecular weight excluding hydrogens is 419 g/mol. The summed E-state index contributed by atoms with van der Waals surface area (Å²) in [7, 11) is 1.09. The molecule has 0 radical (unpaired) electrons. The summed E-state index contributed by atoms with van der Waals surface area (Å²) in [5.41, 5.74) is 3.08. The largest absolute Gasteiger partial charge is 0.413 e. The summed E-state index contributed by atoms with van der Waals surface area (Å²) in [5.74, 6) is -1.31. The molecule has 32 heavy (non-hydrogen) atoms. The summed E-state index contributed by atoms with van der Waals surface area (Å²) >= 11 is 0. The lowest BCUT2D eigenvalue weighted by Gasteiger charge is -2.31. The molecule has 1 aliphatic carbocycles. The first-order valence-corrected chi connectivity index (χ1v) is 10.4. The van der Waals surface area contributed by atoms with Crippen molar-refractivity contribution in [3.8, 4) is 0 Å². The van der Waals surface area contributed by atoms with Gasteiger partial charge in [0.25, 0.3) is 0 Å². The molecule has 2 aromatic carbocycles. The molecule has 5 nitrogen and oxygen atoms in total. The molecule has 0 aliphatic heterocycles. The third-order valence-electron chi connectivity index (χ3n) is 6.15. The number of fused-ring (bicyclic) bond motifs is 1. The van der Waals surface area contributed by atoms with Crippen LogP contribution in [0, 0.1) is 0 Å². The van der Waals surface area contributed by atoms with Crippen molar-refractivity contribution in [1.29, 1.82) is 0 Å². The molecule has 0 saturated heterocycles. The fraction of sp³-hybridized carbons (Fsp3) is 0.417. The number of benzene rings is 2. The van der Waals surface area contributed by atoms with Gasteiger partial charge in [-0.1, -0.05) is 50.2 Å². The highest BCUT2D eigenvalue weighted by atomic mass is 19.4. The highest BCUT2D eigenvalue weighted by Gasteiger charge is 2.45. The molecule has 2 N–H and O–H groups in total. The number of hydrogen-bond donors (Lipinski definition) is 2. The summed E-state index contributed by atoms with van der Waals surface area (Å²) < 4.78 is 41.4. The quantitative estimate of drug-likeness (QED) is 0.698. The van der Waals surface area contributed by atoms with E-state index in [2.05, 4.69) is 36.6 Å². The Bertz CT molecular complexity index is 987. The second-order valence-corrected chi connectivity index (χ2v) is 8.76. The topological polar surface area (TPSA) is 61.4 Å². The molecule has 8 heteroatoms. The van der Waals surface area contributed by atoms with Crippen LogP contribution in [0.15, 0.2) is 48.5 Å². The van der Waals surface area contributed by atoms with Crippen LogP contribution in [0.2, 0.25) is 0 Å². The second kappa shape index (κ2) is 8.84. The van der Waals surface area contributed by atoms with Gasteiger partial charge in [-0.25, -0.2) is 0 Å². The van der Waals surface area contributed by atoms with Crippen LogP contribution in [-0.4, -0.2) is 42.5 Å². The van der Waals surface area contributed by atoms with Crippen molar-refractivity contribution >= 4 is 17.5 Å². The van der Waals surface area contributed by atoms with E-state index in [-0.39, 0.29) is 17.0 Å². The van der Waals surface area contributed by atoms with E-state index in [0.717, 1.165) is 13.5 Å². The Labute approximate surface area is 186 Å². The van der Waals surface area contributed by atoms with Gasteiger partial charge in [-0.15, -0.1) is 0 Å². The third kappa shape index (κ3) is 4.89. The Morgan fingerprint density at radius 1 is 1.12 bits per heavy atom. The minimum Gasteiger partial charge on any atom is -0.381 e. The number of halogens is 3. The lowest BCUT2D eigenvalue weighted by molar-refractivity contribution is -0.188. The van der Waals surface area contributed by atoms with Gasteiger partial charge in [0.05, 0.1) is 6.54 Å². The Balaban J connectivity index is 1.77. The van der Waals surface area contributed by atoms with Crippen LogP contribution in [0.25, 0.3) is 0 Å². The molecule has 1 unspecified atom stereocenters. The number of nitrogens with one attached hydrogen (secondary N) is 2. The first-order chi connectivity index (χ1) is 14.9. The van der Waals surface area contributed by atoms with Gasteiger partial charge in [-0.05, 0) is 35.2 Å². The molecule has 1 aliphatic rings. The van der Waals surface area contributed by atoms with E-state index >= 15 is 0 Å². The number of alkyl halides is 3. The number of hydrogen-bond acceptors (Lipinski definition) is 3. The number of rotatable bonds is 6. The number of likely N-dealkylation sites (N-methyl/N-ethyl adjacent to an activating group) is 1. The molecule has 2 aromatic rings. The zero-order valence-corrected chi connectivity index (χ0v) is 18.6. The molecule has 0 saturated carbocycles. The Hall–Kier alpha value is -3.03. The maximum Gasteiger partial charge on any atom is 0.413 e. The predicted molar refractivity (Wildman–Crippen MR) is 117 cm³/mol. The van der Waals surface area contributed by atoms with Gasteiger partial charge in [-0.2, -0.15) is 13.2 Å². The minimum absolute atomic E-state index is 0.0457. The van der Waals surface area contributed by atoms with Crippen molar-refractivity contribution in [2.24, 2.45) is 0 Å². The van der Waals surface area contributed by atoms with E-state index in [1.807, 2.05) is 12.1 Å². The molecule has 2 amide bonds. The standard InChI is InChI=1S/C24H28F3N3O2/c1-15(31)28-14-21(32)30(4)22(24(25,26)27)16-9-11-18(12-10-16)29-20-13-17-7-5-6-8-19(17)23(20,2)3/h5-12,20,22,29H,13-14H2,1-4H3,(H,28,31)/t20?,22-/m0/s1. The van der Waals surface area contributed by atoms with Crippen LogP contribution >= 0.6 is 0 Å². The Morgan fingerprint density at radius 2 is 1.75 bits per heavy atom. The summed E-state index contributed by atoms with van der Waals surface area (Å²) in [6, 6.07) is 12.2. The van der Waals surface area contributed by atoms with E-state index < -0.39 is 30.6 Å². The molecule has 0 spiro atoms. The maximum atomic E-state index is 13.8. The van der Waals surface area contributed by atoms with Crippen LogP contribution < -0.4 is 10.6 Å². The van der Waals surface area contributed by atoms with Crippen molar-refractivity contribution in [3.05, 3.63) is 65.2 Å². The van der Waals surface area contributed by atoms with E-state index in [1.165, 1.54) is 30.2 Å². The van der Waals surface area contributed by atoms with Crippen molar-refractivity contribution in [2.45, 2.75) is 50.9 Å². The molecule has 3 rings (SSSR count). The number of amides is 2. The fourth-order valence-corrected chi connectivity index (χ4v) is 4.28. The van der Waals surface area contributed by atoms with Crippen molar-refractivity contribution < 1.29 is 22.8 Å². The normalized spacial score (nSPS) is 17.9. The lowest BCUT2D eigenvalue weighted by atomic mass is 9.83. The molecular formula is C24H28F3N3O2. The summed E-state index contributed by atoms with van der Waals surface area (Å²) in [4.78, 5) is 23.8. The van der Waals surface area contributed by atoms with Crippen LogP contribution in [0.1, 0.15) is 43.5 Å². The molecule has 0 bridgehead atoms. The molecule has 0 aromatic heterocycles. The lowest BCUT2D eigenvalue weighted by Crippen LogP contribution is -2.44. The van der Waals surface area contributed by atoms with Gasteiger partial charge >= 0.3 is 6.18 Å². The molecule has 2 atom stereocenters. The molecule has 172 valence electrons. The zero-order chi connectivity index (χ0) is 23.7. The summed E-state index contributed by atoms with van der Waals surface area (Å²) in [6.45, 7) is 5.01. The van der Waals surface area contributed by atoms with Gasteiger partial charge in [0.1, 0.15) is 0 Å². The van der Waals surface area contributed by atoms with Gasteiger partial charge in [0.15, 0.2) is 6.04 Å². The monoisotopic (exact) mass is 447 g/mol. The van der Waals surface area contributed by atoms with Gasteiger partial charge in [-0.3, -0.25) is 9.59 Å². The van der Waals surface area contributed by atoms with Crippen LogP contribution in [0.4, 0.5) is 18.9 Å². The average molecular weight is 448 g/mol. The van der Waals surface area contributed by atoms with E-state index in [0.29, 0.717) is 10.6 Å². The zero-order valence-electron chi connectivity index (χ0n) is 18.6. The van der Waals surface area contributed by atoms with Crippen molar-refractivity contribution in [3.63, 3.8) is 0 Å². The van der Waals surface area contributed by atoms with Crippen LogP contribution in [-0.2, 0) is 21.4 Å². The molecule has 0 heterocycles. The highest BCUT2D eigenvalue weighted by molar-refractivity contribution is 5.83. The van der Waals surface area contributed by atoms with Crippen LogP contribution in [0.5, 0.6) is 0 Å². The van der Waals surface area contributed by atoms with Gasteiger partial charge in [0.2, 0.25) is 11.8 Å². The number of carbonyl (C=O) groups excluding carboxylic acids is 2. The third-order valence-corrected chi connectivity index (χ3v) is 6.15. The smallest absolute Gasteiger partial charge is 0.381 e. The van der Waals surface area contributed by atoms with Crippen molar-refractivity contribution in [1.82, 2.24) is 10.2 Å². The van der Waals surface area contributed by atoms with Gasteiger partial charge < -0.3 is 15.5 Å². The van der Waals surface area contributed by atoms with Crippen LogP contribution in [0.3, 0.4) is 0 Å². The van der Waals surface area contributed by atoms with Gasteiger partial charge in [0, 0.05) is 31.1 Å². The first kappa shape index (κ1) is 23.6. The maximum absolute atomic E-state index is 13.8. The SMILES string of the molecule is CC(=O)NCC(=O)N(C)[C@@H](c1ccc(NC2Cc3ccccc3C2(C)C)cc1)C(F)(F)F. The predicted octanol–water partition coefficient (Wildman–Crippen LogP) is 4.20. The van der Waals surface area contributed by atoms with E-state index in [1.54, 1.807) is 12.1 Å². The molecule has 0 fully saturated rings. The number of nitrogens with zero attached hydrogens (tertiary/aromatic N) is 1. The number of carbonyl (C=O) groups is 2. The first-order valence-electron chi connectivity index (χ1n) is 10.4. The minimum atomic E-state index is -4.66. The van der Waals surface area contributed by atoms with E-state index in [9.17, 15) is 22.8 Å². The number of anilines is 1. The highest BCUT2D eigenvalue weighted by Crippen LogP contribution is 2.41. The fourth-order valence-electron chi connectivity index (χ4n) is 4.28. The Morgan fingerprint density at radius 3 is 2.31 bits per heavy atom.